The first-order chi connectivity index (χ1) is 8.90. The van der Waals surface area contributed by atoms with Gasteiger partial charge in [0.2, 0.25) is 0 Å². The first-order valence-corrected chi connectivity index (χ1v) is 7.82. The van der Waals surface area contributed by atoms with Crippen LogP contribution in [0.3, 0.4) is 0 Å². The summed E-state index contributed by atoms with van der Waals surface area (Å²) in [4.78, 5) is 16.7. The number of rotatable bonds is 4. The largest absolute Gasteiger partial charge is 0.331 e. The van der Waals surface area contributed by atoms with E-state index >= 15 is 0 Å². The summed E-state index contributed by atoms with van der Waals surface area (Å²) in [5.41, 5.74) is 1.24. The Hall–Kier alpha value is -1.03. The second kappa shape index (κ2) is 5.53. The molecule has 1 N–H and O–H groups in total. The van der Waals surface area contributed by atoms with Crippen molar-refractivity contribution < 1.29 is 4.79 Å². The molecule has 2 amide bonds. The normalized spacial score (nSPS) is 17.9. The molecule has 0 bridgehead atoms. The zero-order chi connectivity index (χ0) is 14.2. The summed E-state index contributed by atoms with van der Waals surface area (Å²) in [6.45, 7) is 8.42. The third-order valence-electron chi connectivity index (χ3n) is 4.12. The van der Waals surface area contributed by atoms with Gasteiger partial charge in [-0.15, -0.1) is 11.3 Å². The molecule has 1 aromatic rings. The number of nitrogens with zero attached hydrogens (tertiary/aromatic N) is 1. The number of hydrogen-bond donors (Lipinski definition) is 1. The van der Waals surface area contributed by atoms with Gasteiger partial charge in [0.05, 0.1) is 6.04 Å². The standard InChI is InChI=1S/C15H24N2OS/c1-9-8-14(12(4)19-9)10(2)16-15(18)17(5)11(3)13-6-7-13/h8,10-11,13H,6-7H2,1-5H3,(H,16,18). The SMILES string of the molecule is Cc1cc(C(C)NC(=O)N(C)C(C)C2CC2)c(C)s1. The van der Waals surface area contributed by atoms with E-state index in [1.54, 1.807) is 11.3 Å². The van der Waals surface area contributed by atoms with Crippen molar-refractivity contribution in [2.75, 3.05) is 7.05 Å². The Morgan fingerprint density at radius 2 is 2.05 bits per heavy atom. The summed E-state index contributed by atoms with van der Waals surface area (Å²) < 4.78 is 0. The maximum absolute atomic E-state index is 12.2. The summed E-state index contributed by atoms with van der Waals surface area (Å²) >= 11 is 1.79. The van der Waals surface area contributed by atoms with E-state index in [2.05, 4.69) is 39.1 Å². The Labute approximate surface area is 120 Å². The van der Waals surface area contributed by atoms with Gasteiger partial charge in [-0.3, -0.25) is 0 Å². The van der Waals surface area contributed by atoms with Crippen LogP contribution in [0.2, 0.25) is 0 Å². The predicted molar refractivity (Wildman–Crippen MR) is 80.7 cm³/mol. The van der Waals surface area contributed by atoms with E-state index in [1.165, 1.54) is 28.2 Å². The molecule has 4 heteroatoms. The fourth-order valence-electron chi connectivity index (χ4n) is 2.52. The summed E-state index contributed by atoms with van der Waals surface area (Å²) in [5, 5.41) is 3.11. The van der Waals surface area contributed by atoms with Crippen molar-refractivity contribution in [1.29, 1.82) is 0 Å². The van der Waals surface area contributed by atoms with E-state index in [-0.39, 0.29) is 12.1 Å². The fraction of sp³-hybridized carbons (Fsp3) is 0.667. The smallest absolute Gasteiger partial charge is 0.317 e. The van der Waals surface area contributed by atoms with Gasteiger partial charge < -0.3 is 10.2 Å². The van der Waals surface area contributed by atoms with Crippen molar-refractivity contribution >= 4 is 17.4 Å². The molecule has 1 aliphatic rings. The molecule has 0 aromatic carbocycles. The van der Waals surface area contributed by atoms with Crippen LogP contribution in [-0.2, 0) is 0 Å². The van der Waals surface area contributed by atoms with Crippen LogP contribution in [0.4, 0.5) is 4.79 Å². The molecule has 1 aromatic heterocycles. The molecular weight excluding hydrogens is 256 g/mol. The van der Waals surface area contributed by atoms with Crippen LogP contribution in [-0.4, -0.2) is 24.0 Å². The molecule has 0 saturated heterocycles. The van der Waals surface area contributed by atoms with E-state index in [1.807, 2.05) is 11.9 Å². The topological polar surface area (TPSA) is 32.3 Å². The van der Waals surface area contributed by atoms with Gasteiger partial charge in [-0.1, -0.05) is 0 Å². The third kappa shape index (κ3) is 3.30. The van der Waals surface area contributed by atoms with E-state index in [0.717, 1.165) is 0 Å². The average molecular weight is 280 g/mol. The zero-order valence-electron chi connectivity index (χ0n) is 12.5. The number of hydrogen-bond acceptors (Lipinski definition) is 2. The molecule has 3 nitrogen and oxygen atoms in total. The van der Waals surface area contributed by atoms with Crippen molar-refractivity contribution in [2.24, 2.45) is 5.92 Å². The van der Waals surface area contributed by atoms with Gasteiger partial charge in [0.15, 0.2) is 0 Å². The number of thiophene rings is 1. The van der Waals surface area contributed by atoms with Crippen LogP contribution in [0.1, 0.15) is 48.0 Å². The molecule has 106 valence electrons. The lowest BCUT2D eigenvalue weighted by Gasteiger charge is -2.27. The number of carbonyl (C=O) groups is 1. The Kier molecular flexibility index (Phi) is 4.19. The number of aryl methyl sites for hydroxylation is 2. The molecule has 2 unspecified atom stereocenters. The van der Waals surface area contributed by atoms with Gasteiger partial charge in [0.1, 0.15) is 0 Å². The van der Waals surface area contributed by atoms with Crippen LogP contribution in [0, 0.1) is 19.8 Å². The molecule has 1 fully saturated rings. The number of carbonyl (C=O) groups excluding carboxylic acids is 1. The first-order valence-electron chi connectivity index (χ1n) is 7.00. The minimum Gasteiger partial charge on any atom is -0.331 e. The minimum absolute atomic E-state index is 0.0372. The van der Waals surface area contributed by atoms with Crippen LogP contribution in [0.5, 0.6) is 0 Å². The van der Waals surface area contributed by atoms with Gasteiger partial charge >= 0.3 is 6.03 Å². The van der Waals surface area contributed by atoms with Crippen LogP contribution >= 0.6 is 11.3 Å². The Morgan fingerprint density at radius 3 is 2.53 bits per heavy atom. The second-order valence-electron chi connectivity index (χ2n) is 5.73. The maximum atomic E-state index is 12.2. The van der Waals surface area contributed by atoms with Crippen LogP contribution in [0.15, 0.2) is 6.07 Å². The van der Waals surface area contributed by atoms with Gasteiger partial charge in [-0.2, -0.15) is 0 Å². The number of nitrogens with one attached hydrogen (secondary N) is 1. The molecule has 0 radical (unpaired) electrons. The second-order valence-corrected chi connectivity index (χ2v) is 7.19. The summed E-state index contributed by atoms with van der Waals surface area (Å²) in [5.74, 6) is 0.705. The molecule has 1 saturated carbocycles. The van der Waals surface area contributed by atoms with Gasteiger partial charge in [-0.05, 0) is 58.1 Å². The summed E-state index contributed by atoms with van der Waals surface area (Å²) in [7, 11) is 1.90. The lowest BCUT2D eigenvalue weighted by molar-refractivity contribution is 0.185. The van der Waals surface area contributed by atoms with E-state index < -0.39 is 0 Å². The third-order valence-corrected chi connectivity index (χ3v) is 5.10. The van der Waals surface area contributed by atoms with Crippen molar-refractivity contribution in [2.45, 2.75) is 52.6 Å². The highest BCUT2D eigenvalue weighted by Gasteiger charge is 2.32. The predicted octanol–water partition coefficient (Wildman–Crippen LogP) is 3.87. The summed E-state index contributed by atoms with van der Waals surface area (Å²) in [6.07, 6.45) is 2.52. The summed E-state index contributed by atoms with van der Waals surface area (Å²) in [6, 6.07) is 2.63. The van der Waals surface area contributed by atoms with Gasteiger partial charge in [0, 0.05) is 22.8 Å². The quantitative estimate of drug-likeness (QED) is 0.892. The molecule has 1 heterocycles. The number of urea groups is 1. The van der Waals surface area contributed by atoms with Gasteiger partial charge in [0.25, 0.3) is 0 Å². The first kappa shape index (κ1) is 14.4. The molecule has 19 heavy (non-hydrogen) atoms. The maximum Gasteiger partial charge on any atom is 0.317 e. The average Bonchev–Trinajstić information content (AvgIpc) is 3.13. The zero-order valence-corrected chi connectivity index (χ0v) is 13.3. The molecule has 0 aliphatic heterocycles. The Bertz CT molecular complexity index is 465. The number of amides is 2. The highest BCUT2D eigenvalue weighted by Crippen LogP contribution is 2.34. The van der Waals surface area contributed by atoms with Crippen LogP contribution in [0.25, 0.3) is 0 Å². The lowest BCUT2D eigenvalue weighted by Crippen LogP contribution is -2.44. The molecule has 2 rings (SSSR count). The van der Waals surface area contributed by atoms with Crippen molar-refractivity contribution in [3.05, 3.63) is 21.4 Å². The van der Waals surface area contributed by atoms with E-state index in [0.29, 0.717) is 12.0 Å². The molecule has 2 atom stereocenters. The Balaban J connectivity index is 1.96. The lowest BCUT2D eigenvalue weighted by atomic mass is 10.1. The fourth-order valence-corrected chi connectivity index (χ4v) is 3.55. The monoisotopic (exact) mass is 280 g/mol. The molecular formula is C15H24N2OS. The highest BCUT2D eigenvalue weighted by atomic mass is 32.1. The Morgan fingerprint density at radius 1 is 1.42 bits per heavy atom. The minimum atomic E-state index is 0.0372. The molecule has 1 aliphatic carbocycles. The van der Waals surface area contributed by atoms with Crippen LogP contribution < -0.4 is 5.32 Å². The highest BCUT2D eigenvalue weighted by molar-refractivity contribution is 7.12. The van der Waals surface area contributed by atoms with E-state index in [9.17, 15) is 4.79 Å². The van der Waals surface area contributed by atoms with E-state index in [4.69, 9.17) is 0 Å². The van der Waals surface area contributed by atoms with Crippen molar-refractivity contribution in [3.8, 4) is 0 Å². The van der Waals surface area contributed by atoms with Crippen molar-refractivity contribution in [1.82, 2.24) is 10.2 Å². The van der Waals surface area contributed by atoms with Crippen molar-refractivity contribution in [3.63, 3.8) is 0 Å². The van der Waals surface area contributed by atoms with Gasteiger partial charge in [-0.25, -0.2) is 4.79 Å². The molecule has 0 spiro atoms.